The third-order valence-corrected chi connectivity index (χ3v) is 2.81. The number of rotatable bonds is 2. The monoisotopic (exact) mass is 211 g/mol. The minimum atomic E-state index is 0.447. The zero-order chi connectivity index (χ0) is 9.97. The summed E-state index contributed by atoms with van der Waals surface area (Å²) in [6.45, 7) is 1.10. The lowest BCUT2D eigenvalue weighted by Gasteiger charge is -2.12. The zero-order valence-electron chi connectivity index (χ0n) is 8.22. The Labute approximate surface area is 89.2 Å². The predicted octanol–water partition coefficient (Wildman–Crippen LogP) is 2.77. The summed E-state index contributed by atoms with van der Waals surface area (Å²) in [4.78, 5) is 0. The zero-order valence-corrected chi connectivity index (χ0v) is 8.97. The maximum absolute atomic E-state index is 6.00. The molecule has 2 nitrogen and oxygen atoms in total. The molecule has 1 saturated heterocycles. The maximum Gasteiger partial charge on any atom is 0.120 e. The van der Waals surface area contributed by atoms with Crippen molar-refractivity contribution < 1.29 is 4.74 Å². The fraction of sp³-hybridized carbons (Fsp3) is 0.455. The van der Waals surface area contributed by atoms with Crippen LogP contribution in [0.5, 0.6) is 5.75 Å². The summed E-state index contributed by atoms with van der Waals surface area (Å²) in [7, 11) is 1.66. The van der Waals surface area contributed by atoms with E-state index >= 15 is 0 Å². The lowest BCUT2D eigenvalue weighted by molar-refractivity contribution is 0.413. The molecule has 0 radical (unpaired) electrons. The molecule has 1 aromatic rings. The van der Waals surface area contributed by atoms with Gasteiger partial charge in [-0.25, -0.2) is 0 Å². The van der Waals surface area contributed by atoms with Gasteiger partial charge in [-0.1, -0.05) is 11.6 Å². The van der Waals surface area contributed by atoms with Crippen molar-refractivity contribution in [2.75, 3.05) is 13.7 Å². The van der Waals surface area contributed by atoms with Crippen LogP contribution in [0.1, 0.15) is 24.4 Å². The SMILES string of the molecule is COc1cc(Cl)cc(C2CCCN2)c1. The molecule has 1 atom stereocenters. The van der Waals surface area contributed by atoms with Gasteiger partial charge in [0.1, 0.15) is 5.75 Å². The van der Waals surface area contributed by atoms with E-state index in [0.717, 1.165) is 17.3 Å². The van der Waals surface area contributed by atoms with Gasteiger partial charge in [0.15, 0.2) is 0 Å². The Hall–Kier alpha value is -0.730. The average molecular weight is 212 g/mol. The van der Waals surface area contributed by atoms with E-state index in [1.165, 1.54) is 18.4 Å². The van der Waals surface area contributed by atoms with Gasteiger partial charge in [0.05, 0.1) is 7.11 Å². The molecule has 1 aliphatic heterocycles. The van der Waals surface area contributed by atoms with Crippen LogP contribution < -0.4 is 10.1 Å². The molecule has 1 aliphatic rings. The summed E-state index contributed by atoms with van der Waals surface area (Å²) < 4.78 is 5.18. The van der Waals surface area contributed by atoms with E-state index in [-0.39, 0.29) is 0 Å². The lowest BCUT2D eigenvalue weighted by Crippen LogP contribution is -2.12. The average Bonchev–Trinajstić information content (AvgIpc) is 2.69. The Morgan fingerprint density at radius 2 is 2.29 bits per heavy atom. The van der Waals surface area contributed by atoms with Crippen molar-refractivity contribution >= 4 is 11.6 Å². The quantitative estimate of drug-likeness (QED) is 0.813. The maximum atomic E-state index is 6.00. The standard InChI is InChI=1S/C11H14ClNO/c1-14-10-6-8(5-9(12)7-10)11-3-2-4-13-11/h5-7,11,13H,2-4H2,1H3. The molecule has 1 fully saturated rings. The second-order valence-corrected chi connectivity index (χ2v) is 4.01. The smallest absolute Gasteiger partial charge is 0.120 e. The van der Waals surface area contributed by atoms with Gasteiger partial charge in [0.25, 0.3) is 0 Å². The Bertz CT molecular complexity index is 321. The van der Waals surface area contributed by atoms with Crippen LogP contribution in [0.25, 0.3) is 0 Å². The molecule has 14 heavy (non-hydrogen) atoms. The summed E-state index contributed by atoms with van der Waals surface area (Å²) in [5.41, 5.74) is 1.23. The number of hydrogen-bond donors (Lipinski definition) is 1. The van der Waals surface area contributed by atoms with Crippen LogP contribution in [0.2, 0.25) is 5.02 Å². The minimum absolute atomic E-state index is 0.447. The Morgan fingerprint density at radius 3 is 2.93 bits per heavy atom. The molecule has 0 spiro atoms. The summed E-state index contributed by atoms with van der Waals surface area (Å²) in [6.07, 6.45) is 2.42. The van der Waals surface area contributed by atoms with E-state index in [4.69, 9.17) is 16.3 Å². The van der Waals surface area contributed by atoms with E-state index in [9.17, 15) is 0 Å². The molecule has 0 amide bonds. The van der Waals surface area contributed by atoms with Crippen molar-refractivity contribution in [3.05, 3.63) is 28.8 Å². The van der Waals surface area contributed by atoms with Crippen LogP contribution in [0.15, 0.2) is 18.2 Å². The molecular weight excluding hydrogens is 198 g/mol. The third-order valence-electron chi connectivity index (χ3n) is 2.59. The lowest BCUT2D eigenvalue weighted by atomic mass is 10.1. The number of halogens is 1. The normalized spacial score (nSPS) is 21.1. The number of ether oxygens (including phenoxy) is 1. The van der Waals surface area contributed by atoms with Gasteiger partial charge >= 0.3 is 0 Å². The van der Waals surface area contributed by atoms with Crippen LogP contribution in [0, 0.1) is 0 Å². The molecule has 0 bridgehead atoms. The molecule has 76 valence electrons. The molecule has 1 unspecified atom stereocenters. The molecule has 3 heteroatoms. The Morgan fingerprint density at radius 1 is 1.43 bits per heavy atom. The van der Waals surface area contributed by atoms with Crippen LogP contribution in [0.4, 0.5) is 0 Å². The highest BCUT2D eigenvalue weighted by Gasteiger charge is 2.16. The van der Waals surface area contributed by atoms with Crippen LogP contribution in [-0.4, -0.2) is 13.7 Å². The first-order valence-electron chi connectivity index (χ1n) is 4.87. The highest BCUT2D eigenvalue weighted by molar-refractivity contribution is 6.30. The van der Waals surface area contributed by atoms with E-state index in [1.54, 1.807) is 7.11 Å². The van der Waals surface area contributed by atoms with Gasteiger partial charge < -0.3 is 10.1 Å². The Kier molecular flexibility index (Phi) is 2.94. The topological polar surface area (TPSA) is 21.3 Å². The van der Waals surface area contributed by atoms with E-state index in [0.29, 0.717) is 6.04 Å². The first kappa shape index (κ1) is 9.81. The molecule has 1 aromatic carbocycles. The second-order valence-electron chi connectivity index (χ2n) is 3.57. The van der Waals surface area contributed by atoms with Crippen molar-refractivity contribution in [3.8, 4) is 5.75 Å². The van der Waals surface area contributed by atoms with Crippen molar-refractivity contribution in [2.45, 2.75) is 18.9 Å². The van der Waals surface area contributed by atoms with Gasteiger partial charge in [0.2, 0.25) is 0 Å². The fourth-order valence-electron chi connectivity index (χ4n) is 1.87. The molecule has 1 heterocycles. The van der Waals surface area contributed by atoms with Crippen LogP contribution >= 0.6 is 11.6 Å². The van der Waals surface area contributed by atoms with Gasteiger partial charge in [0, 0.05) is 11.1 Å². The molecule has 0 aromatic heterocycles. The number of nitrogens with one attached hydrogen (secondary N) is 1. The van der Waals surface area contributed by atoms with Crippen molar-refractivity contribution in [3.63, 3.8) is 0 Å². The molecule has 0 saturated carbocycles. The Balaban J connectivity index is 2.27. The number of hydrogen-bond acceptors (Lipinski definition) is 2. The molecular formula is C11H14ClNO. The third kappa shape index (κ3) is 2.02. The van der Waals surface area contributed by atoms with E-state index in [2.05, 4.69) is 11.4 Å². The fourth-order valence-corrected chi connectivity index (χ4v) is 2.11. The highest BCUT2D eigenvalue weighted by atomic mass is 35.5. The number of benzene rings is 1. The van der Waals surface area contributed by atoms with Crippen molar-refractivity contribution in [2.24, 2.45) is 0 Å². The first-order valence-corrected chi connectivity index (χ1v) is 5.25. The van der Waals surface area contributed by atoms with Gasteiger partial charge in [-0.05, 0) is 43.1 Å². The summed E-state index contributed by atoms with van der Waals surface area (Å²) >= 11 is 6.00. The molecule has 0 aliphatic carbocycles. The highest BCUT2D eigenvalue weighted by Crippen LogP contribution is 2.29. The summed E-state index contributed by atoms with van der Waals surface area (Å²) in [5, 5.41) is 4.18. The molecule has 1 N–H and O–H groups in total. The van der Waals surface area contributed by atoms with Gasteiger partial charge in [-0.15, -0.1) is 0 Å². The predicted molar refractivity (Wildman–Crippen MR) is 58.0 cm³/mol. The van der Waals surface area contributed by atoms with E-state index in [1.807, 2.05) is 12.1 Å². The largest absolute Gasteiger partial charge is 0.497 e. The van der Waals surface area contributed by atoms with Gasteiger partial charge in [-0.3, -0.25) is 0 Å². The first-order chi connectivity index (χ1) is 6.79. The van der Waals surface area contributed by atoms with Gasteiger partial charge in [-0.2, -0.15) is 0 Å². The van der Waals surface area contributed by atoms with Crippen molar-refractivity contribution in [1.82, 2.24) is 5.32 Å². The summed E-state index contributed by atoms with van der Waals surface area (Å²) in [5.74, 6) is 0.834. The summed E-state index contributed by atoms with van der Waals surface area (Å²) in [6, 6.07) is 6.34. The van der Waals surface area contributed by atoms with E-state index < -0.39 is 0 Å². The van der Waals surface area contributed by atoms with Crippen LogP contribution in [-0.2, 0) is 0 Å². The number of methoxy groups -OCH3 is 1. The van der Waals surface area contributed by atoms with Crippen molar-refractivity contribution in [1.29, 1.82) is 0 Å². The van der Waals surface area contributed by atoms with Crippen LogP contribution in [0.3, 0.4) is 0 Å². The minimum Gasteiger partial charge on any atom is -0.497 e. The second kappa shape index (κ2) is 4.20. The molecule has 2 rings (SSSR count).